The van der Waals surface area contributed by atoms with Gasteiger partial charge in [0.2, 0.25) is 0 Å². The molecule has 0 radical (unpaired) electrons. The molecule has 0 aromatic carbocycles. The molecule has 1 heterocycles. The number of rotatable bonds is 6. The van der Waals surface area contributed by atoms with E-state index in [-0.39, 0.29) is 6.09 Å². The van der Waals surface area contributed by atoms with Gasteiger partial charge in [-0.3, -0.25) is 0 Å². The Labute approximate surface area is 130 Å². The maximum Gasteiger partial charge on any atom is 0.410 e. The molecule has 0 aromatic heterocycles. The minimum atomic E-state index is -0.400. The van der Waals surface area contributed by atoms with Crippen molar-refractivity contribution in [3.05, 3.63) is 0 Å². The van der Waals surface area contributed by atoms with Crippen molar-refractivity contribution in [2.75, 3.05) is 26.2 Å². The van der Waals surface area contributed by atoms with Gasteiger partial charge in [0.1, 0.15) is 5.60 Å². The van der Waals surface area contributed by atoms with E-state index in [0.717, 1.165) is 44.9 Å². The average Bonchev–Trinajstić information content (AvgIpc) is 2.36. The second-order valence-corrected chi connectivity index (χ2v) is 7.66. The molecule has 4 nitrogen and oxygen atoms in total. The number of ether oxygens (including phenoxy) is 1. The molecule has 1 rings (SSSR count). The molecule has 1 aliphatic rings. The maximum absolute atomic E-state index is 12.1. The van der Waals surface area contributed by atoms with Crippen LogP contribution in [0.15, 0.2) is 0 Å². The van der Waals surface area contributed by atoms with Crippen LogP contribution in [0.3, 0.4) is 0 Å². The summed E-state index contributed by atoms with van der Waals surface area (Å²) in [7, 11) is 0. The van der Waals surface area contributed by atoms with Gasteiger partial charge in [-0.05, 0) is 71.4 Å². The third-order valence-corrected chi connectivity index (χ3v) is 3.80. The number of likely N-dealkylation sites (tertiary alicyclic amines) is 1. The standard InChI is InChI=1S/C17H34N2O2/c1-14(2)8-10-18-11-9-15-7-6-12-19(13-15)16(20)21-17(3,4)5/h14-15,18H,6-13H2,1-5H3. The van der Waals surface area contributed by atoms with Crippen LogP contribution < -0.4 is 5.32 Å². The molecule has 1 aliphatic heterocycles. The smallest absolute Gasteiger partial charge is 0.410 e. The van der Waals surface area contributed by atoms with E-state index in [2.05, 4.69) is 19.2 Å². The van der Waals surface area contributed by atoms with E-state index < -0.39 is 5.60 Å². The predicted octanol–water partition coefficient (Wildman–Crippen LogP) is 3.66. The van der Waals surface area contributed by atoms with Gasteiger partial charge < -0.3 is 15.0 Å². The largest absolute Gasteiger partial charge is 0.444 e. The first kappa shape index (κ1) is 18.3. The quantitative estimate of drug-likeness (QED) is 0.761. The molecule has 21 heavy (non-hydrogen) atoms. The normalized spacial score (nSPS) is 19.9. The summed E-state index contributed by atoms with van der Waals surface area (Å²) < 4.78 is 5.47. The molecular weight excluding hydrogens is 264 g/mol. The lowest BCUT2D eigenvalue weighted by atomic mass is 9.95. The van der Waals surface area contributed by atoms with Crippen molar-refractivity contribution in [3.63, 3.8) is 0 Å². The minimum absolute atomic E-state index is 0.153. The van der Waals surface area contributed by atoms with Crippen molar-refractivity contribution in [1.82, 2.24) is 10.2 Å². The summed E-state index contributed by atoms with van der Waals surface area (Å²) in [6, 6.07) is 0. The molecule has 1 unspecified atom stereocenters. The number of piperidine rings is 1. The molecule has 124 valence electrons. The topological polar surface area (TPSA) is 41.6 Å². The first-order valence-corrected chi connectivity index (χ1v) is 8.46. The number of nitrogens with one attached hydrogen (secondary N) is 1. The molecule has 1 atom stereocenters. The summed E-state index contributed by atoms with van der Waals surface area (Å²) >= 11 is 0. The highest BCUT2D eigenvalue weighted by molar-refractivity contribution is 5.68. The van der Waals surface area contributed by atoms with Gasteiger partial charge in [0, 0.05) is 13.1 Å². The van der Waals surface area contributed by atoms with Crippen molar-refractivity contribution < 1.29 is 9.53 Å². The minimum Gasteiger partial charge on any atom is -0.444 e. The van der Waals surface area contributed by atoms with Crippen LogP contribution in [-0.2, 0) is 4.74 Å². The van der Waals surface area contributed by atoms with Crippen molar-refractivity contribution in [2.24, 2.45) is 11.8 Å². The van der Waals surface area contributed by atoms with Crippen LogP contribution in [0.2, 0.25) is 0 Å². The zero-order valence-electron chi connectivity index (χ0n) is 14.6. The highest BCUT2D eigenvalue weighted by Gasteiger charge is 2.27. The lowest BCUT2D eigenvalue weighted by Crippen LogP contribution is -2.43. The molecule has 0 spiro atoms. The average molecular weight is 298 g/mol. The van der Waals surface area contributed by atoms with Gasteiger partial charge in [0.05, 0.1) is 0 Å². The molecule has 1 fully saturated rings. The van der Waals surface area contributed by atoms with Crippen LogP contribution in [0.5, 0.6) is 0 Å². The van der Waals surface area contributed by atoms with E-state index in [0.29, 0.717) is 5.92 Å². The molecule has 0 aliphatic carbocycles. The Morgan fingerprint density at radius 3 is 2.67 bits per heavy atom. The molecule has 1 amide bonds. The fourth-order valence-electron chi connectivity index (χ4n) is 2.61. The van der Waals surface area contributed by atoms with Gasteiger partial charge in [-0.1, -0.05) is 13.8 Å². The lowest BCUT2D eigenvalue weighted by molar-refractivity contribution is 0.0162. The Balaban J connectivity index is 2.24. The van der Waals surface area contributed by atoms with Gasteiger partial charge in [-0.25, -0.2) is 4.79 Å². The van der Waals surface area contributed by atoms with Crippen LogP contribution in [0.1, 0.15) is 60.3 Å². The molecule has 1 saturated heterocycles. The third kappa shape index (κ3) is 8.30. The molecule has 0 saturated carbocycles. The van der Waals surface area contributed by atoms with Crippen LogP contribution in [0, 0.1) is 11.8 Å². The van der Waals surface area contributed by atoms with Crippen LogP contribution in [0.4, 0.5) is 4.79 Å². The molecular formula is C17H34N2O2. The number of carbonyl (C=O) groups excluding carboxylic acids is 1. The van der Waals surface area contributed by atoms with Gasteiger partial charge in [-0.15, -0.1) is 0 Å². The van der Waals surface area contributed by atoms with Crippen molar-refractivity contribution in [2.45, 2.75) is 65.9 Å². The fourth-order valence-corrected chi connectivity index (χ4v) is 2.61. The second-order valence-electron chi connectivity index (χ2n) is 7.66. The number of amides is 1. The van der Waals surface area contributed by atoms with Crippen molar-refractivity contribution in [3.8, 4) is 0 Å². The highest BCUT2D eigenvalue weighted by Crippen LogP contribution is 2.21. The third-order valence-electron chi connectivity index (χ3n) is 3.80. The zero-order valence-corrected chi connectivity index (χ0v) is 14.6. The van der Waals surface area contributed by atoms with Gasteiger partial charge in [0.25, 0.3) is 0 Å². The molecule has 1 N–H and O–H groups in total. The van der Waals surface area contributed by atoms with Gasteiger partial charge in [-0.2, -0.15) is 0 Å². The fraction of sp³-hybridized carbons (Fsp3) is 0.941. The zero-order chi connectivity index (χ0) is 15.9. The molecule has 0 aromatic rings. The maximum atomic E-state index is 12.1. The highest BCUT2D eigenvalue weighted by atomic mass is 16.6. The van der Waals surface area contributed by atoms with E-state index >= 15 is 0 Å². The number of carbonyl (C=O) groups is 1. The first-order valence-electron chi connectivity index (χ1n) is 8.46. The monoisotopic (exact) mass is 298 g/mol. The lowest BCUT2D eigenvalue weighted by Gasteiger charge is -2.34. The number of hydrogen-bond acceptors (Lipinski definition) is 3. The summed E-state index contributed by atoms with van der Waals surface area (Å²) in [5.74, 6) is 1.37. The Morgan fingerprint density at radius 1 is 1.33 bits per heavy atom. The Bertz CT molecular complexity index is 310. The van der Waals surface area contributed by atoms with Gasteiger partial charge >= 0.3 is 6.09 Å². The second kappa shape index (κ2) is 8.62. The van der Waals surface area contributed by atoms with E-state index in [9.17, 15) is 4.79 Å². The van der Waals surface area contributed by atoms with E-state index in [1.807, 2.05) is 25.7 Å². The summed E-state index contributed by atoms with van der Waals surface area (Å²) in [6.07, 6.45) is 4.55. The van der Waals surface area contributed by atoms with Crippen molar-refractivity contribution >= 4 is 6.09 Å². The summed E-state index contributed by atoms with van der Waals surface area (Å²) in [4.78, 5) is 14.0. The summed E-state index contributed by atoms with van der Waals surface area (Å²) in [6.45, 7) is 14.1. The van der Waals surface area contributed by atoms with Crippen LogP contribution >= 0.6 is 0 Å². The first-order chi connectivity index (χ1) is 9.78. The summed E-state index contributed by atoms with van der Waals surface area (Å²) in [5, 5.41) is 3.51. The van der Waals surface area contributed by atoms with E-state index in [4.69, 9.17) is 4.74 Å². The van der Waals surface area contributed by atoms with Crippen LogP contribution in [-0.4, -0.2) is 42.8 Å². The summed E-state index contributed by atoms with van der Waals surface area (Å²) in [5.41, 5.74) is -0.400. The van der Waals surface area contributed by atoms with Crippen LogP contribution in [0.25, 0.3) is 0 Å². The SMILES string of the molecule is CC(C)CCNCCC1CCCN(C(=O)OC(C)(C)C)C1. The van der Waals surface area contributed by atoms with E-state index in [1.165, 1.54) is 12.8 Å². The van der Waals surface area contributed by atoms with Crippen molar-refractivity contribution in [1.29, 1.82) is 0 Å². The number of nitrogens with zero attached hydrogens (tertiary/aromatic N) is 1. The predicted molar refractivity (Wildman–Crippen MR) is 87.5 cm³/mol. The Kier molecular flexibility index (Phi) is 7.50. The molecule has 4 heteroatoms. The van der Waals surface area contributed by atoms with Gasteiger partial charge in [0.15, 0.2) is 0 Å². The Hall–Kier alpha value is -0.770. The number of hydrogen-bond donors (Lipinski definition) is 1. The van der Waals surface area contributed by atoms with E-state index in [1.54, 1.807) is 0 Å². The molecule has 0 bridgehead atoms. The Morgan fingerprint density at radius 2 is 2.05 bits per heavy atom.